The van der Waals surface area contributed by atoms with Crippen molar-refractivity contribution in [2.75, 3.05) is 0 Å². The third-order valence-corrected chi connectivity index (χ3v) is 3.86. The number of unbranched alkanes of at least 4 members (excludes halogenated alkanes) is 2. The van der Waals surface area contributed by atoms with Crippen LogP contribution in [0.3, 0.4) is 0 Å². The van der Waals surface area contributed by atoms with E-state index in [1.807, 2.05) is 12.2 Å². The highest BCUT2D eigenvalue weighted by atomic mass is 16.4. The van der Waals surface area contributed by atoms with Gasteiger partial charge in [-0.1, -0.05) is 44.4 Å². The first-order valence-corrected chi connectivity index (χ1v) is 8.30. The highest BCUT2D eigenvalue weighted by molar-refractivity contribution is 5.89. The van der Waals surface area contributed by atoms with Gasteiger partial charge in [0, 0.05) is 6.42 Å². The molecule has 0 saturated heterocycles. The van der Waals surface area contributed by atoms with Crippen LogP contribution in [0, 0.1) is 0 Å². The number of nitrogens with one attached hydrogen (secondary N) is 1. The molecule has 5 nitrogen and oxygen atoms in total. The third kappa shape index (κ3) is 6.72. The van der Waals surface area contributed by atoms with Gasteiger partial charge in [-0.25, -0.2) is 9.59 Å². The first-order valence-electron chi connectivity index (χ1n) is 8.30. The minimum absolute atomic E-state index is 0.0630. The Morgan fingerprint density at radius 2 is 1.83 bits per heavy atom. The second-order valence-corrected chi connectivity index (χ2v) is 5.88. The molecule has 0 aromatic carbocycles. The average molecular weight is 321 g/mol. The van der Waals surface area contributed by atoms with Crippen molar-refractivity contribution in [3.63, 3.8) is 0 Å². The van der Waals surface area contributed by atoms with E-state index in [0.29, 0.717) is 0 Å². The molecule has 1 rings (SSSR count). The van der Waals surface area contributed by atoms with Gasteiger partial charge < -0.3 is 15.5 Å². The summed E-state index contributed by atoms with van der Waals surface area (Å²) in [5, 5.41) is 20.8. The minimum atomic E-state index is -1.14. The summed E-state index contributed by atoms with van der Waals surface area (Å²) >= 11 is 0. The quantitative estimate of drug-likeness (QED) is 0.603. The van der Waals surface area contributed by atoms with Crippen LogP contribution < -0.4 is 5.32 Å². The predicted molar refractivity (Wildman–Crippen MR) is 90.1 cm³/mol. The lowest BCUT2D eigenvalue weighted by molar-refractivity contribution is -0.139. The Bertz CT molecular complexity index is 507. The molecule has 128 valence electrons. The van der Waals surface area contributed by atoms with Crippen LogP contribution in [0.5, 0.6) is 0 Å². The van der Waals surface area contributed by atoms with Gasteiger partial charge in [0.1, 0.15) is 11.7 Å². The first-order chi connectivity index (χ1) is 11.0. The van der Waals surface area contributed by atoms with Gasteiger partial charge in [0.15, 0.2) is 0 Å². The molecular weight excluding hydrogens is 294 g/mol. The van der Waals surface area contributed by atoms with Crippen molar-refractivity contribution in [1.29, 1.82) is 0 Å². The summed E-state index contributed by atoms with van der Waals surface area (Å²) in [5.41, 5.74) is 2.02. The fraction of sp³-hybridized carbons (Fsp3) is 0.556. The lowest BCUT2D eigenvalue weighted by atomic mass is 9.97. The van der Waals surface area contributed by atoms with Crippen molar-refractivity contribution >= 4 is 11.9 Å². The lowest BCUT2D eigenvalue weighted by Crippen LogP contribution is -2.41. The maximum atomic E-state index is 11.2. The molecule has 5 heteroatoms. The summed E-state index contributed by atoms with van der Waals surface area (Å²) in [6, 6.07) is -0.888. The Balaban J connectivity index is 2.95. The number of hydrogen-bond donors (Lipinski definition) is 3. The molecule has 0 aromatic heterocycles. The zero-order valence-corrected chi connectivity index (χ0v) is 14.0. The van der Waals surface area contributed by atoms with Crippen LogP contribution in [0.25, 0.3) is 0 Å². The molecule has 1 atom stereocenters. The van der Waals surface area contributed by atoms with Crippen LogP contribution in [0.1, 0.15) is 58.8 Å². The Morgan fingerprint density at radius 1 is 1.22 bits per heavy atom. The van der Waals surface area contributed by atoms with Crippen LogP contribution in [-0.4, -0.2) is 28.2 Å². The monoisotopic (exact) mass is 321 g/mol. The van der Waals surface area contributed by atoms with Crippen LogP contribution in [0.4, 0.5) is 0 Å². The zero-order valence-electron chi connectivity index (χ0n) is 14.0. The maximum absolute atomic E-state index is 11.2. The van der Waals surface area contributed by atoms with Gasteiger partial charge in [-0.2, -0.15) is 0 Å². The summed E-state index contributed by atoms with van der Waals surface area (Å²) in [7, 11) is 0. The highest BCUT2D eigenvalue weighted by Gasteiger charge is 2.26. The van der Waals surface area contributed by atoms with Crippen LogP contribution in [-0.2, 0) is 9.59 Å². The van der Waals surface area contributed by atoms with Crippen molar-refractivity contribution in [3.05, 3.63) is 35.1 Å². The number of carbonyl (C=O) groups is 2. The maximum Gasteiger partial charge on any atom is 0.351 e. The molecule has 1 aliphatic heterocycles. The van der Waals surface area contributed by atoms with E-state index < -0.39 is 18.0 Å². The molecule has 0 fully saturated rings. The van der Waals surface area contributed by atoms with Gasteiger partial charge in [-0.3, -0.25) is 0 Å². The SMILES string of the molecule is CCCCC(=C/C=C1\C=C(C(=O)O)NC(C(=O)O)C1)CCCC. The van der Waals surface area contributed by atoms with Crippen molar-refractivity contribution in [2.24, 2.45) is 0 Å². The smallest absolute Gasteiger partial charge is 0.351 e. The lowest BCUT2D eigenvalue weighted by Gasteiger charge is -2.21. The Morgan fingerprint density at radius 3 is 2.30 bits per heavy atom. The van der Waals surface area contributed by atoms with Crippen molar-refractivity contribution in [3.8, 4) is 0 Å². The topological polar surface area (TPSA) is 86.6 Å². The van der Waals surface area contributed by atoms with E-state index in [0.717, 1.165) is 44.1 Å². The van der Waals surface area contributed by atoms with Gasteiger partial charge in [0.25, 0.3) is 0 Å². The van der Waals surface area contributed by atoms with Gasteiger partial charge in [0.05, 0.1) is 0 Å². The fourth-order valence-corrected chi connectivity index (χ4v) is 2.47. The second-order valence-electron chi connectivity index (χ2n) is 5.88. The van der Waals surface area contributed by atoms with Gasteiger partial charge >= 0.3 is 11.9 Å². The summed E-state index contributed by atoms with van der Waals surface area (Å²) in [5.74, 6) is -2.17. The number of carboxylic acids is 2. The molecule has 0 radical (unpaired) electrons. The normalized spacial score (nSPS) is 19.0. The zero-order chi connectivity index (χ0) is 17.2. The molecule has 0 aliphatic carbocycles. The van der Waals surface area contributed by atoms with Crippen molar-refractivity contribution in [1.82, 2.24) is 5.32 Å². The number of aliphatic carboxylic acids is 2. The molecular formula is C18H27NO4. The molecule has 0 saturated carbocycles. The molecule has 1 unspecified atom stereocenters. The van der Waals surface area contributed by atoms with Crippen LogP contribution >= 0.6 is 0 Å². The van der Waals surface area contributed by atoms with E-state index in [-0.39, 0.29) is 12.1 Å². The van der Waals surface area contributed by atoms with E-state index in [1.165, 1.54) is 11.6 Å². The largest absolute Gasteiger partial charge is 0.480 e. The van der Waals surface area contributed by atoms with Gasteiger partial charge in [0.2, 0.25) is 0 Å². The third-order valence-electron chi connectivity index (χ3n) is 3.86. The van der Waals surface area contributed by atoms with E-state index in [1.54, 1.807) is 0 Å². The summed E-state index contributed by atoms with van der Waals surface area (Å²) in [4.78, 5) is 22.3. The minimum Gasteiger partial charge on any atom is -0.480 e. The number of hydrogen-bond acceptors (Lipinski definition) is 3. The molecule has 1 heterocycles. The fourth-order valence-electron chi connectivity index (χ4n) is 2.47. The van der Waals surface area contributed by atoms with E-state index in [4.69, 9.17) is 10.2 Å². The highest BCUT2D eigenvalue weighted by Crippen LogP contribution is 2.20. The standard InChI is InChI=1S/C18H27NO4/c1-3-5-7-13(8-6-4-2)9-10-14-11-15(17(20)21)19-16(12-14)18(22)23/h9-11,16,19H,3-8,12H2,1-2H3,(H,20,21)(H,22,23)/b14-10+. The summed E-state index contributed by atoms with van der Waals surface area (Å²) in [6.45, 7) is 4.31. The second kappa shape index (κ2) is 9.87. The average Bonchev–Trinajstić information content (AvgIpc) is 2.53. The van der Waals surface area contributed by atoms with Crippen molar-refractivity contribution < 1.29 is 19.8 Å². The molecule has 3 N–H and O–H groups in total. The van der Waals surface area contributed by atoms with E-state index >= 15 is 0 Å². The summed E-state index contributed by atoms with van der Waals surface area (Å²) < 4.78 is 0. The number of allylic oxidation sites excluding steroid dienone is 4. The molecule has 0 amide bonds. The van der Waals surface area contributed by atoms with Crippen LogP contribution in [0.15, 0.2) is 35.1 Å². The number of carboxylic acid groups (broad SMARTS) is 2. The van der Waals surface area contributed by atoms with Gasteiger partial charge in [-0.15, -0.1) is 0 Å². The van der Waals surface area contributed by atoms with Crippen LogP contribution in [0.2, 0.25) is 0 Å². The molecule has 1 aliphatic rings. The van der Waals surface area contributed by atoms with Gasteiger partial charge in [-0.05, 0) is 37.3 Å². The molecule has 0 spiro atoms. The van der Waals surface area contributed by atoms with Crippen molar-refractivity contribution in [2.45, 2.75) is 64.8 Å². The Hall–Kier alpha value is -2.04. The Labute approximate surface area is 137 Å². The predicted octanol–water partition coefficient (Wildman–Crippen LogP) is 3.63. The molecule has 23 heavy (non-hydrogen) atoms. The summed E-state index contributed by atoms with van der Waals surface area (Å²) in [6.07, 6.45) is 12.3. The first kappa shape index (κ1) is 19.0. The Kier molecular flexibility index (Phi) is 8.16. The number of rotatable bonds is 9. The van der Waals surface area contributed by atoms with E-state index in [9.17, 15) is 9.59 Å². The molecule has 0 bridgehead atoms. The molecule has 0 aromatic rings. The van der Waals surface area contributed by atoms with E-state index in [2.05, 4.69) is 19.2 Å².